The summed E-state index contributed by atoms with van der Waals surface area (Å²) in [5.41, 5.74) is 6.17. The number of carbonyl (C=O) groups excluding carboxylic acids is 1. The van der Waals surface area contributed by atoms with Gasteiger partial charge in [-0.25, -0.2) is 0 Å². The van der Waals surface area contributed by atoms with E-state index in [1.165, 1.54) is 31.9 Å². The van der Waals surface area contributed by atoms with Crippen molar-refractivity contribution in [2.24, 2.45) is 17.6 Å². The molecule has 1 aliphatic carbocycles. The zero-order valence-electron chi connectivity index (χ0n) is 15.9. The van der Waals surface area contributed by atoms with E-state index in [1.54, 1.807) is 6.07 Å². The van der Waals surface area contributed by atoms with E-state index in [1.807, 2.05) is 4.90 Å². The number of hydrogen-bond donors (Lipinski definition) is 1. The number of halogens is 2. The second kappa shape index (κ2) is 10.5. The second-order valence-corrected chi connectivity index (χ2v) is 7.65. The number of furan rings is 1. The third-order valence-electron chi connectivity index (χ3n) is 5.90. The molecule has 0 atom stereocenters. The zero-order valence-corrected chi connectivity index (χ0v) is 17.5. The van der Waals surface area contributed by atoms with E-state index < -0.39 is 0 Å². The van der Waals surface area contributed by atoms with E-state index in [2.05, 4.69) is 18.7 Å². The maximum absolute atomic E-state index is 12.5. The highest BCUT2D eigenvalue weighted by Crippen LogP contribution is 2.32. The zero-order chi connectivity index (χ0) is 17.1. The molecule has 1 saturated heterocycles. The van der Waals surface area contributed by atoms with Crippen LogP contribution in [0.2, 0.25) is 0 Å². The largest absolute Gasteiger partial charge is 0.467 e. The molecule has 2 heterocycles. The van der Waals surface area contributed by atoms with Gasteiger partial charge in [0.15, 0.2) is 0 Å². The van der Waals surface area contributed by atoms with Crippen molar-refractivity contribution in [3.63, 3.8) is 0 Å². The molecular weight excluding hydrogens is 373 g/mol. The molecule has 26 heavy (non-hydrogen) atoms. The summed E-state index contributed by atoms with van der Waals surface area (Å²) in [7, 11) is 0. The Kier molecular flexibility index (Phi) is 9.45. The average Bonchev–Trinajstić information content (AvgIpc) is 3.10. The van der Waals surface area contributed by atoms with Crippen LogP contribution in [-0.4, -0.2) is 47.9 Å². The van der Waals surface area contributed by atoms with Gasteiger partial charge in [0.05, 0.1) is 12.1 Å². The van der Waals surface area contributed by atoms with Crippen molar-refractivity contribution in [3.8, 4) is 0 Å². The summed E-state index contributed by atoms with van der Waals surface area (Å²) in [5, 5.41) is 0. The third kappa shape index (κ3) is 5.38. The average molecular weight is 406 g/mol. The van der Waals surface area contributed by atoms with Gasteiger partial charge in [-0.05, 0) is 43.6 Å². The topological polar surface area (TPSA) is 62.7 Å². The molecule has 0 spiro atoms. The molecule has 0 radical (unpaired) electrons. The first-order valence-corrected chi connectivity index (χ1v) is 9.39. The first-order chi connectivity index (χ1) is 11.6. The van der Waals surface area contributed by atoms with Crippen LogP contribution in [0.15, 0.2) is 16.7 Å². The Balaban J connectivity index is 0.00000169. The van der Waals surface area contributed by atoms with Crippen LogP contribution in [0.5, 0.6) is 0 Å². The summed E-state index contributed by atoms with van der Waals surface area (Å²) in [5.74, 6) is 2.45. The van der Waals surface area contributed by atoms with Crippen molar-refractivity contribution < 1.29 is 9.21 Å². The van der Waals surface area contributed by atoms with E-state index in [4.69, 9.17) is 10.2 Å². The third-order valence-corrected chi connectivity index (χ3v) is 5.90. The number of piperazine rings is 1. The predicted molar refractivity (Wildman–Crippen MR) is 109 cm³/mol. The Hall–Kier alpha value is -0.750. The lowest BCUT2D eigenvalue weighted by atomic mass is 9.79. The van der Waals surface area contributed by atoms with Gasteiger partial charge >= 0.3 is 0 Å². The lowest BCUT2D eigenvalue weighted by molar-refractivity contribution is 0.0477. The van der Waals surface area contributed by atoms with Gasteiger partial charge in [0.25, 0.3) is 5.91 Å². The lowest BCUT2D eigenvalue weighted by Gasteiger charge is -2.42. The monoisotopic (exact) mass is 405 g/mol. The normalized spacial score (nSPS) is 24.1. The highest BCUT2D eigenvalue weighted by atomic mass is 35.5. The van der Waals surface area contributed by atoms with E-state index in [0.29, 0.717) is 17.9 Å². The van der Waals surface area contributed by atoms with Gasteiger partial charge in [-0.1, -0.05) is 13.8 Å². The maximum Gasteiger partial charge on any atom is 0.257 e. The lowest BCUT2D eigenvalue weighted by Crippen LogP contribution is -2.52. The Bertz CT molecular complexity index is 549. The van der Waals surface area contributed by atoms with Crippen molar-refractivity contribution >= 4 is 30.7 Å². The molecule has 0 aromatic carbocycles. The van der Waals surface area contributed by atoms with E-state index in [9.17, 15) is 4.79 Å². The van der Waals surface area contributed by atoms with Crippen LogP contribution in [0, 0.1) is 11.8 Å². The molecule has 2 N–H and O–H groups in total. The van der Waals surface area contributed by atoms with Crippen molar-refractivity contribution in [3.05, 3.63) is 23.7 Å². The number of nitrogens with two attached hydrogens (primary N) is 1. The van der Waals surface area contributed by atoms with Gasteiger partial charge in [-0.2, -0.15) is 0 Å². The van der Waals surface area contributed by atoms with Crippen molar-refractivity contribution in [2.45, 2.75) is 52.1 Å². The summed E-state index contributed by atoms with van der Waals surface area (Å²) < 4.78 is 5.29. The van der Waals surface area contributed by atoms with Gasteiger partial charge in [0.2, 0.25) is 0 Å². The molecule has 1 aliphatic heterocycles. The minimum absolute atomic E-state index is 0. The standard InChI is InChI=1S/C19H31N3O2.2ClH/c1-14(2)15-3-5-17(6-4-15)21-7-9-22(10-8-21)19(23)16-11-18(12-20)24-13-16;;/h11,13-15,17H,3-10,12,20H2,1-2H3;2*1H. The first-order valence-electron chi connectivity index (χ1n) is 9.39. The Morgan fingerprint density at radius 1 is 1.15 bits per heavy atom. The molecule has 0 bridgehead atoms. The number of nitrogens with zero attached hydrogens (tertiary/aromatic N) is 2. The summed E-state index contributed by atoms with van der Waals surface area (Å²) in [6.45, 7) is 8.63. The van der Waals surface area contributed by atoms with Gasteiger partial charge in [0.1, 0.15) is 12.0 Å². The van der Waals surface area contributed by atoms with Crippen LogP contribution in [0.4, 0.5) is 0 Å². The number of rotatable bonds is 4. The molecule has 7 heteroatoms. The quantitative estimate of drug-likeness (QED) is 0.831. The Labute approximate surface area is 169 Å². The van der Waals surface area contributed by atoms with E-state index in [0.717, 1.165) is 44.1 Å². The fraction of sp³-hybridized carbons (Fsp3) is 0.737. The fourth-order valence-electron chi connectivity index (χ4n) is 4.21. The fourth-order valence-corrected chi connectivity index (χ4v) is 4.21. The Morgan fingerprint density at radius 3 is 2.27 bits per heavy atom. The van der Waals surface area contributed by atoms with Crippen LogP contribution in [-0.2, 0) is 6.54 Å². The minimum Gasteiger partial charge on any atom is -0.467 e. The molecule has 2 aliphatic rings. The van der Waals surface area contributed by atoms with Crippen molar-refractivity contribution in [1.82, 2.24) is 9.80 Å². The molecule has 2 fully saturated rings. The van der Waals surface area contributed by atoms with Crippen LogP contribution in [0.1, 0.15) is 55.6 Å². The van der Waals surface area contributed by atoms with Gasteiger partial charge in [-0.3, -0.25) is 9.69 Å². The van der Waals surface area contributed by atoms with Crippen molar-refractivity contribution in [2.75, 3.05) is 26.2 Å². The first kappa shape index (κ1) is 23.3. The Morgan fingerprint density at radius 2 is 1.77 bits per heavy atom. The van der Waals surface area contributed by atoms with Crippen LogP contribution in [0.3, 0.4) is 0 Å². The van der Waals surface area contributed by atoms with Gasteiger partial charge in [-0.15, -0.1) is 24.8 Å². The molecule has 1 aromatic heterocycles. The molecule has 0 unspecified atom stereocenters. The molecular formula is C19H33Cl2N3O2. The maximum atomic E-state index is 12.5. The summed E-state index contributed by atoms with van der Waals surface area (Å²) in [4.78, 5) is 17.1. The number of amides is 1. The molecule has 1 amide bonds. The highest BCUT2D eigenvalue weighted by Gasteiger charge is 2.30. The van der Waals surface area contributed by atoms with Crippen LogP contribution in [0.25, 0.3) is 0 Å². The van der Waals surface area contributed by atoms with Gasteiger partial charge in [0, 0.05) is 32.2 Å². The van der Waals surface area contributed by atoms with E-state index >= 15 is 0 Å². The molecule has 1 saturated carbocycles. The smallest absolute Gasteiger partial charge is 0.257 e. The van der Waals surface area contributed by atoms with E-state index in [-0.39, 0.29) is 30.7 Å². The van der Waals surface area contributed by atoms with Gasteiger partial charge < -0.3 is 15.1 Å². The summed E-state index contributed by atoms with van der Waals surface area (Å²) in [6.07, 6.45) is 6.89. The predicted octanol–water partition coefficient (Wildman–Crippen LogP) is 3.55. The van der Waals surface area contributed by atoms with Crippen molar-refractivity contribution in [1.29, 1.82) is 0 Å². The summed E-state index contributed by atoms with van der Waals surface area (Å²) in [6, 6.07) is 2.48. The van der Waals surface area contributed by atoms with Crippen LogP contribution < -0.4 is 5.73 Å². The molecule has 5 nitrogen and oxygen atoms in total. The SMILES string of the molecule is CC(C)C1CCC(N2CCN(C(=O)c3coc(CN)c3)CC2)CC1.Cl.Cl. The van der Waals surface area contributed by atoms with Crippen LogP contribution >= 0.6 is 24.8 Å². The molecule has 3 rings (SSSR count). The second-order valence-electron chi connectivity index (χ2n) is 7.65. The number of hydrogen-bond acceptors (Lipinski definition) is 4. The number of carbonyl (C=O) groups is 1. The highest BCUT2D eigenvalue weighted by molar-refractivity contribution is 5.94. The minimum atomic E-state index is 0. The molecule has 1 aromatic rings. The molecule has 150 valence electrons. The summed E-state index contributed by atoms with van der Waals surface area (Å²) >= 11 is 0.